The zero-order valence-corrected chi connectivity index (χ0v) is 9.26. The van der Waals surface area contributed by atoms with E-state index in [1.807, 2.05) is 6.92 Å². The number of halogens is 2. The molecule has 0 saturated heterocycles. The first-order valence-corrected chi connectivity index (χ1v) is 4.74. The molecule has 1 aliphatic carbocycles. The Labute approximate surface area is 81.2 Å². The fourth-order valence-electron chi connectivity index (χ4n) is 0.667. The number of hydrogen-bond donors (Lipinski definition) is 1. The lowest BCUT2D eigenvalue weighted by molar-refractivity contribution is -0.122. The number of nitrogens with two attached hydrogens (primary N) is 1. The first-order chi connectivity index (χ1) is 3.90. The smallest absolute Gasteiger partial charge is 0.225 e. The number of carbonyl (C=O) groups is 1. The molecule has 0 heterocycles. The Balaban J connectivity index is 2.74. The van der Waals surface area contributed by atoms with Crippen LogP contribution >= 0.6 is 45.2 Å². The molecule has 0 radical (unpaired) electrons. The molecule has 0 aromatic rings. The molecule has 4 heteroatoms. The van der Waals surface area contributed by atoms with Crippen LogP contribution in [0.4, 0.5) is 0 Å². The summed E-state index contributed by atoms with van der Waals surface area (Å²) < 4.78 is 0.0916. The summed E-state index contributed by atoms with van der Waals surface area (Å²) in [5.74, 6) is -0.175. The molecule has 1 amide bonds. The third-order valence-corrected chi connectivity index (χ3v) is 4.95. The lowest BCUT2D eigenvalue weighted by Gasteiger charge is -2.05. The first kappa shape index (κ1) is 8.03. The van der Waals surface area contributed by atoms with Crippen LogP contribution in [0.5, 0.6) is 0 Å². The average molecular weight is 351 g/mol. The average Bonchev–Trinajstić information content (AvgIpc) is 2.08. The van der Waals surface area contributed by atoms with Crippen LogP contribution in [0.3, 0.4) is 0 Å². The highest BCUT2D eigenvalue weighted by molar-refractivity contribution is 14.2. The molecule has 1 unspecified atom stereocenters. The van der Waals surface area contributed by atoms with Gasteiger partial charge in [-0.3, -0.25) is 4.79 Å². The van der Waals surface area contributed by atoms with Crippen molar-refractivity contribution in [2.75, 3.05) is 0 Å². The second-order valence-corrected chi connectivity index (χ2v) is 8.32. The Hall–Kier alpha value is 0.930. The van der Waals surface area contributed by atoms with Gasteiger partial charge in [0.15, 0.2) is 0 Å². The second kappa shape index (κ2) is 1.96. The molecule has 52 valence electrons. The Morgan fingerprint density at radius 1 is 1.67 bits per heavy atom. The van der Waals surface area contributed by atoms with Crippen molar-refractivity contribution < 1.29 is 4.79 Å². The number of rotatable bonds is 1. The van der Waals surface area contributed by atoms with Crippen molar-refractivity contribution >= 4 is 51.1 Å². The van der Waals surface area contributed by atoms with Gasteiger partial charge in [0, 0.05) is 0 Å². The fraction of sp³-hybridized carbons (Fsp3) is 0.800. The molecule has 9 heavy (non-hydrogen) atoms. The van der Waals surface area contributed by atoms with Crippen molar-refractivity contribution in [3.8, 4) is 0 Å². The summed E-state index contributed by atoms with van der Waals surface area (Å²) in [6.07, 6.45) is 0.913. The van der Waals surface area contributed by atoms with Gasteiger partial charge in [0.1, 0.15) is 0 Å². The predicted molar refractivity (Wildman–Crippen MR) is 52.7 cm³/mol. The zero-order chi connectivity index (χ0) is 7.28. The molecule has 0 aliphatic heterocycles. The van der Waals surface area contributed by atoms with Gasteiger partial charge in [0.2, 0.25) is 5.91 Å². The topological polar surface area (TPSA) is 43.1 Å². The Kier molecular flexibility index (Phi) is 1.75. The van der Waals surface area contributed by atoms with E-state index in [1.165, 1.54) is 0 Å². The predicted octanol–water partition coefficient (Wildman–Crippen LogP) is 1.45. The van der Waals surface area contributed by atoms with Gasteiger partial charge in [-0.1, -0.05) is 45.2 Å². The molecule has 1 saturated carbocycles. The van der Waals surface area contributed by atoms with Crippen LogP contribution in [-0.2, 0) is 4.79 Å². The second-order valence-electron chi connectivity index (χ2n) is 2.58. The lowest BCUT2D eigenvalue weighted by Crippen LogP contribution is -2.25. The number of primary amides is 1. The highest BCUT2D eigenvalue weighted by atomic mass is 127. The van der Waals surface area contributed by atoms with Crippen LogP contribution < -0.4 is 5.73 Å². The van der Waals surface area contributed by atoms with Gasteiger partial charge in [-0.2, -0.15) is 0 Å². The summed E-state index contributed by atoms with van der Waals surface area (Å²) in [7, 11) is 0. The van der Waals surface area contributed by atoms with Crippen molar-refractivity contribution in [2.45, 2.75) is 14.8 Å². The lowest BCUT2D eigenvalue weighted by atomic mass is 10.1. The zero-order valence-electron chi connectivity index (χ0n) is 4.95. The van der Waals surface area contributed by atoms with E-state index >= 15 is 0 Å². The van der Waals surface area contributed by atoms with E-state index in [2.05, 4.69) is 45.2 Å². The van der Waals surface area contributed by atoms with E-state index < -0.39 is 0 Å². The Bertz CT molecular complexity index is 168. The van der Waals surface area contributed by atoms with Gasteiger partial charge >= 0.3 is 0 Å². The van der Waals surface area contributed by atoms with E-state index in [0.717, 1.165) is 6.42 Å². The molecule has 0 aromatic carbocycles. The van der Waals surface area contributed by atoms with Crippen molar-refractivity contribution in [1.29, 1.82) is 0 Å². The van der Waals surface area contributed by atoms with Crippen LogP contribution in [0.1, 0.15) is 13.3 Å². The number of amides is 1. The van der Waals surface area contributed by atoms with Crippen LogP contribution in [0.25, 0.3) is 0 Å². The van der Waals surface area contributed by atoms with E-state index in [1.54, 1.807) is 0 Å². The van der Waals surface area contributed by atoms with E-state index in [0.29, 0.717) is 0 Å². The van der Waals surface area contributed by atoms with Gasteiger partial charge in [-0.25, -0.2) is 0 Å². The summed E-state index contributed by atoms with van der Waals surface area (Å²) in [5.41, 5.74) is 4.92. The van der Waals surface area contributed by atoms with Gasteiger partial charge in [-0.05, 0) is 13.3 Å². The molecule has 1 rings (SSSR count). The fourth-order valence-corrected chi connectivity index (χ4v) is 2.72. The molecule has 2 nitrogen and oxygen atoms in total. The van der Waals surface area contributed by atoms with E-state index in [-0.39, 0.29) is 12.8 Å². The molecule has 2 N–H and O–H groups in total. The maximum atomic E-state index is 10.7. The molecular formula is C5H7I2NO. The first-order valence-electron chi connectivity index (χ1n) is 2.58. The molecule has 1 atom stereocenters. The van der Waals surface area contributed by atoms with Gasteiger partial charge in [-0.15, -0.1) is 0 Å². The van der Waals surface area contributed by atoms with E-state index in [4.69, 9.17) is 5.73 Å². The third kappa shape index (κ3) is 1.08. The van der Waals surface area contributed by atoms with Crippen LogP contribution in [0, 0.1) is 5.41 Å². The maximum absolute atomic E-state index is 10.7. The molecule has 0 spiro atoms. The quantitative estimate of drug-likeness (QED) is 0.564. The Morgan fingerprint density at radius 3 is 2.00 bits per heavy atom. The summed E-state index contributed by atoms with van der Waals surface area (Å²) in [6, 6.07) is 0. The van der Waals surface area contributed by atoms with Gasteiger partial charge in [0.25, 0.3) is 0 Å². The monoisotopic (exact) mass is 351 g/mol. The largest absolute Gasteiger partial charge is 0.369 e. The molecule has 1 aliphatic rings. The van der Waals surface area contributed by atoms with E-state index in [9.17, 15) is 4.79 Å². The van der Waals surface area contributed by atoms with Crippen molar-refractivity contribution in [3.05, 3.63) is 0 Å². The molecule has 0 aromatic heterocycles. The molecular weight excluding hydrogens is 344 g/mol. The highest BCUT2D eigenvalue weighted by Crippen LogP contribution is 2.66. The van der Waals surface area contributed by atoms with Crippen molar-refractivity contribution in [3.63, 3.8) is 0 Å². The molecule has 1 fully saturated rings. The number of carbonyl (C=O) groups excluding carboxylic acids is 1. The normalized spacial score (nSPS) is 38.1. The van der Waals surface area contributed by atoms with Crippen LogP contribution in [-0.4, -0.2) is 7.34 Å². The summed E-state index contributed by atoms with van der Waals surface area (Å²) in [4.78, 5) is 10.7. The van der Waals surface area contributed by atoms with Gasteiger partial charge in [0.05, 0.1) is 6.84 Å². The van der Waals surface area contributed by atoms with Crippen molar-refractivity contribution in [2.24, 2.45) is 11.1 Å². The standard InChI is InChI=1S/C5H7I2NO/c1-4(3(8)9)2-5(4,6)7/h2H2,1H3,(H2,8,9). The minimum Gasteiger partial charge on any atom is -0.369 e. The SMILES string of the molecule is CC1(C(N)=O)CC1(I)I. The summed E-state index contributed by atoms with van der Waals surface area (Å²) >= 11 is 4.54. The Morgan fingerprint density at radius 2 is 2.00 bits per heavy atom. The summed E-state index contributed by atoms with van der Waals surface area (Å²) in [6.45, 7) is 1.91. The highest BCUT2D eigenvalue weighted by Gasteiger charge is 2.65. The number of alkyl halides is 2. The maximum Gasteiger partial charge on any atom is 0.225 e. The minimum absolute atomic E-state index is 0.0916. The molecule has 0 bridgehead atoms. The third-order valence-electron chi connectivity index (χ3n) is 1.80. The minimum atomic E-state index is -0.242. The van der Waals surface area contributed by atoms with Crippen molar-refractivity contribution in [1.82, 2.24) is 0 Å². The van der Waals surface area contributed by atoms with Crippen LogP contribution in [0.15, 0.2) is 0 Å². The summed E-state index contributed by atoms with van der Waals surface area (Å²) in [5, 5.41) is 0. The van der Waals surface area contributed by atoms with Crippen LogP contribution in [0.2, 0.25) is 0 Å². The number of hydrogen-bond acceptors (Lipinski definition) is 1. The van der Waals surface area contributed by atoms with Gasteiger partial charge < -0.3 is 5.73 Å².